The molecule has 0 atom stereocenters. The molecule has 1 aromatic heterocycles. The van der Waals surface area contributed by atoms with Crippen molar-refractivity contribution < 1.29 is 9.53 Å². The van der Waals surface area contributed by atoms with E-state index in [1.165, 1.54) is 6.42 Å². The minimum Gasteiger partial charge on any atom is -0.497 e. The third-order valence-electron chi connectivity index (χ3n) is 5.11. The van der Waals surface area contributed by atoms with Crippen LogP contribution in [0, 0.1) is 5.92 Å². The first-order valence-corrected chi connectivity index (χ1v) is 9.24. The van der Waals surface area contributed by atoms with Gasteiger partial charge in [0.2, 0.25) is 0 Å². The second-order valence-corrected chi connectivity index (χ2v) is 6.82. The van der Waals surface area contributed by atoms with Crippen LogP contribution < -0.4 is 10.1 Å². The Bertz CT molecular complexity index is 733. The third kappa shape index (κ3) is 6.09. The Hall–Kier alpha value is -1.82. The zero-order chi connectivity index (χ0) is 18.4. The maximum atomic E-state index is 12.9. The predicted octanol–water partition coefficient (Wildman–Crippen LogP) is 4.06. The average molecular weight is 426 g/mol. The molecule has 5 nitrogen and oxygen atoms in total. The summed E-state index contributed by atoms with van der Waals surface area (Å²) in [4.78, 5) is 19.1. The summed E-state index contributed by atoms with van der Waals surface area (Å²) >= 11 is 0. The van der Waals surface area contributed by atoms with Gasteiger partial charge in [0, 0.05) is 31.0 Å². The summed E-state index contributed by atoms with van der Waals surface area (Å²) < 4.78 is 5.20. The lowest BCUT2D eigenvalue weighted by atomic mass is 9.93. The van der Waals surface area contributed by atoms with Gasteiger partial charge in [0.25, 0.3) is 5.91 Å². The van der Waals surface area contributed by atoms with Crippen molar-refractivity contribution in [1.82, 2.24) is 15.2 Å². The van der Waals surface area contributed by atoms with Gasteiger partial charge in [0.05, 0.1) is 12.7 Å². The fourth-order valence-corrected chi connectivity index (χ4v) is 3.45. The maximum absolute atomic E-state index is 12.9. The van der Waals surface area contributed by atoms with E-state index < -0.39 is 0 Å². The van der Waals surface area contributed by atoms with Crippen molar-refractivity contribution in [3.8, 4) is 16.9 Å². The number of hydrogen-bond acceptors (Lipinski definition) is 4. The highest BCUT2D eigenvalue weighted by molar-refractivity contribution is 5.95. The van der Waals surface area contributed by atoms with E-state index >= 15 is 0 Å². The number of rotatable bonds is 6. The molecule has 1 aliphatic heterocycles. The molecule has 1 aliphatic rings. The molecule has 0 saturated carbocycles. The van der Waals surface area contributed by atoms with Crippen LogP contribution in [-0.4, -0.2) is 49.6 Å². The highest BCUT2D eigenvalue weighted by atomic mass is 35.5. The number of benzene rings is 1. The lowest BCUT2D eigenvalue weighted by molar-refractivity contribution is 0.0687. The van der Waals surface area contributed by atoms with Crippen LogP contribution in [-0.2, 0) is 0 Å². The molecule has 1 fully saturated rings. The van der Waals surface area contributed by atoms with Gasteiger partial charge < -0.3 is 15.0 Å². The second kappa shape index (κ2) is 11.9. The van der Waals surface area contributed by atoms with Crippen molar-refractivity contribution >= 4 is 30.7 Å². The van der Waals surface area contributed by atoms with E-state index in [1.54, 1.807) is 19.5 Å². The molecule has 3 rings (SSSR count). The third-order valence-corrected chi connectivity index (χ3v) is 5.11. The number of piperidine rings is 1. The Kier molecular flexibility index (Phi) is 10.3. The van der Waals surface area contributed by atoms with Crippen LogP contribution in [0.1, 0.15) is 29.6 Å². The van der Waals surface area contributed by atoms with Gasteiger partial charge in [-0.05, 0) is 62.5 Å². The monoisotopic (exact) mass is 425 g/mol. The minimum absolute atomic E-state index is 0. The molecule has 1 amide bonds. The van der Waals surface area contributed by atoms with Crippen LogP contribution in [0.25, 0.3) is 11.1 Å². The number of pyridine rings is 1. The van der Waals surface area contributed by atoms with Crippen molar-refractivity contribution in [2.24, 2.45) is 5.92 Å². The number of likely N-dealkylation sites (tertiary alicyclic amines) is 1. The van der Waals surface area contributed by atoms with E-state index in [1.807, 2.05) is 42.3 Å². The van der Waals surface area contributed by atoms with Crippen molar-refractivity contribution in [2.75, 3.05) is 33.8 Å². The molecule has 2 aromatic rings. The first-order chi connectivity index (χ1) is 12.7. The van der Waals surface area contributed by atoms with Gasteiger partial charge in [-0.1, -0.05) is 12.1 Å². The predicted molar refractivity (Wildman–Crippen MR) is 118 cm³/mol. The lowest BCUT2D eigenvalue weighted by Gasteiger charge is -2.32. The fourth-order valence-electron chi connectivity index (χ4n) is 3.45. The van der Waals surface area contributed by atoms with Gasteiger partial charge in [-0.25, -0.2) is 0 Å². The molecule has 0 unspecified atom stereocenters. The zero-order valence-corrected chi connectivity index (χ0v) is 18.0. The normalized spacial score (nSPS) is 14.0. The second-order valence-electron chi connectivity index (χ2n) is 6.82. The molecule has 2 heterocycles. The average Bonchev–Trinajstić information content (AvgIpc) is 2.72. The van der Waals surface area contributed by atoms with Crippen molar-refractivity contribution in [1.29, 1.82) is 0 Å². The van der Waals surface area contributed by atoms with Gasteiger partial charge in [-0.2, -0.15) is 0 Å². The largest absolute Gasteiger partial charge is 0.497 e. The molecule has 0 aliphatic carbocycles. The van der Waals surface area contributed by atoms with Gasteiger partial charge in [-0.15, -0.1) is 24.8 Å². The Morgan fingerprint density at radius 2 is 1.82 bits per heavy atom. The number of nitrogens with one attached hydrogen (secondary N) is 1. The Morgan fingerprint density at radius 1 is 1.14 bits per heavy atom. The minimum atomic E-state index is 0. The Balaban J connectivity index is 0.00000196. The Labute approximate surface area is 179 Å². The maximum Gasteiger partial charge on any atom is 0.255 e. The number of hydrogen-bond donors (Lipinski definition) is 1. The van der Waals surface area contributed by atoms with Crippen molar-refractivity contribution in [3.05, 3.63) is 48.3 Å². The summed E-state index contributed by atoms with van der Waals surface area (Å²) in [6.07, 6.45) is 6.82. The topological polar surface area (TPSA) is 54.5 Å². The summed E-state index contributed by atoms with van der Waals surface area (Å²) in [6.45, 7) is 2.71. The molecule has 1 saturated heterocycles. The number of carbonyl (C=O) groups excluding carboxylic acids is 1. The zero-order valence-electron chi connectivity index (χ0n) is 16.4. The summed E-state index contributed by atoms with van der Waals surface area (Å²) in [6, 6.07) is 9.73. The molecule has 0 bridgehead atoms. The number of aromatic nitrogens is 1. The molecular formula is C21H29Cl2N3O2. The quantitative estimate of drug-likeness (QED) is 0.757. The first kappa shape index (κ1) is 24.2. The number of halogens is 2. The number of carbonyl (C=O) groups is 1. The van der Waals surface area contributed by atoms with Crippen LogP contribution in [0.2, 0.25) is 0 Å². The molecule has 28 heavy (non-hydrogen) atoms. The van der Waals surface area contributed by atoms with Gasteiger partial charge in [0.15, 0.2) is 0 Å². The van der Waals surface area contributed by atoms with E-state index in [0.717, 1.165) is 55.3 Å². The van der Waals surface area contributed by atoms with Gasteiger partial charge >= 0.3 is 0 Å². The van der Waals surface area contributed by atoms with E-state index in [-0.39, 0.29) is 30.7 Å². The van der Waals surface area contributed by atoms with E-state index in [4.69, 9.17) is 4.74 Å². The van der Waals surface area contributed by atoms with Crippen LogP contribution >= 0.6 is 24.8 Å². The van der Waals surface area contributed by atoms with Crippen LogP contribution in [0.5, 0.6) is 5.75 Å². The van der Waals surface area contributed by atoms with Gasteiger partial charge in [-0.3, -0.25) is 9.78 Å². The molecule has 1 N–H and O–H groups in total. The van der Waals surface area contributed by atoms with E-state index in [2.05, 4.69) is 10.3 Å². The molecule has 1 aromatic carbocycles. The van der Waals surface area contributed by atoms with Crippen LogP contribution in [0.15, 0.2) is 42.7 Å². The van der Waals surface area contributed by atoms with Crippen molar-refractivity contribution in [2.45, 2.75) is 19.3 Å². The first-order valence-electron chi connectivity index (χ1n) is 9.24. The molecule has 0 spiro atoms. The fraction of sp³-hybridized carbons (Fsp3) is 0.429. The number of nitrogens with zero attached hydrogens (tertiary/aromatic N) is 2. The van der Waals surface area contributed by atoms with Crippen LogP contribution in [0.4, 0.5) is 0 Å². The smallest absolute Gasteiger partial charge is 0.255 e. The Morgan fingerprint density at radius 3 is 2.43 bits per heavy atom. The summed E-state index contributed by atoms with van der Waals surface area (Å²) in [7, 11) is 3.64. The van der Waals surface area contributed by atoms with E-state index in [0.29, 0.717) is 5.56 Å². The highest BCUT2D eigenvalue weighted by Crippen LogP contribution is 2.25. The SMILES string of the molecule is CNCCC1CCN(C(=O)c2cncc(-c3ccc(OC)cc3)c2)CC1.Cl.Cl. The van der Waals surface area contributed by atoms with Crippen molar-refractivity contribution in [3.63, 3.8) is 0 Å². The molecule has 0 radical (unpaired) electrons. The summed E-state index contributed by atoms with van der Waals surface area (Å²) in [5.41, 5.74) is 2.63. The summed E-state index contributed by atoms with van der Waals surface area (Å²) in [5, 5.41) is 3.21. The molecule has 7 heteroatoms. The number of methoxy groups -OCH3 is 1. The van der Waals surface area contributed by atoms with Gasteiger partial charge in [0.1, 0.15) is 5.75 Å². The standard InChI is InChI=1S/C21H27N3O2.2ClH/c1-22-10-7-16-8-11-24(12-9-16)21(25)19-13-18(14-23-15-19)17-3-5-20(26-2)6-4-17;;/h3-6,13-16,22H,7-12H2,1-2H3;2*1H. The van der Waals surface area contributed by atoms with Crippen LogP contribution in [0.3, 0.4) is 0 Å². The molecular weight excluding hydrogens is 397 g/mol. The molecule has 154 valence electrons. The number of amides is 1. The highest BCUT2D eigenvalue weighted by Gasteiger charge is 2.23. The number of ether oxygens (including phenoxy) is 1. The lowest BCUT2D eigenvalue weighted by Crippen LogP contribution is -2.39. The summed E-state index contributed by atoms with van der Waals surface area (Å²) in [5.74, 6) is 1.62. The van der Waals surface area contributed by atoms with E-state index in [9.17, 15) is 4.79 Å².